The number of nitrogens with zero attached hydrogens (tertiary/aromatic N) is 2. The topological polar surface area (TPSA) is 35.0 Å². The molecule has 0 atom stereocenters. The minimum absolute atomic E-state index is 0.621. The van der Waals surface area contributed by atoms with Gasteiger partial charge >= 0.3 is 0 Å². The van der Waals surface area contributed by atoms with E-state index in [0.717, 1.165) is 12.2 Å². The first-order valence-electron chi connectivity index (χ1n) is 4.29. The van der Waals surface area contributed by atoms with Gasteiger partial charge in [-0.3, -0.25) is 0 Å². The van der Waals surface area contributed by atoms with Gasteiger partial charge in [-0.15, -0.1) is 0 Å². The van der Waals surface area contributed by atoms with Crippen LogP contribution in [0.3, 0.4) is 0 Å². The molecule has 0 aliphatic carbocycles. The Kier molecular flexibility index (Phi) is 2.74. The van der Waals surface area contributed by atoms with Crippen molar-refractivity contribution in [1.82, 2.24) is 9.36 Å². The second kappa shape index (κ2) is 4.19. The summed E-state index contributed by atoms with van der Waals surface area (Å²) in [6, 6.07) is 10.2. The van der Waals surface area contributed by atoms with Gasteiger partial charge in [0.2, 0.25) is 0 Å². The summed E-state index contributed by atoms with van der Waals surface area (Å²) >= 11 is 1.29. The average molecular weight is 206 g/mol. The van der Waals surface area contributed by atoms with E-state index in [-0.39, 0.29) is 0 Å². The van der Waals surface area contributed by atoms with E-state index in [1.54, 1.807) is 7.11 Å². The zero-order valence-corrected chi connectivity index (χ0v) is 8.62. The number of rotatable bonds is 3. The smallest absolute Gasteiger partial charge is 0.292 e. The lowest BCUT2D eigenvalue weighted by molar-refractivity contribution is 0.411. The third-order valence-corrected chi connectivity index (χ3v) is 2.55. The first-order valence-corrected chi connectivity index (χ1v) is 5.06. The molecule has 1 aromatic heterocycles. The molecule has 1 aromatic carbocycles. The maximum absolute atomic E-state index is 4.98. The fraction of sp³-hybridized carbons (Fsp3) is 0.200. The van der Waals surface area contributed by atoms with E-state index in [0.29, 0.717) is 5.19 Å². The molecule has 0 aliphatic rings. The summed E-state index contributed by atoms with van der Waals surface area (Å²) in [5.41, 5.74) is 1.22. The van der Waals surface area contributed by atoms with Crippen molar-refractivity contribution >= 4 is 11.5 Å². The maximum Gasteiger partial charge on any atom is 0.292 e. The van der Waals surface area contributed by atoms with Crippen molar-refractivity contribution in [1.29, 1.82) is 0 Å². The molecule has 0 N–H and O–H groups in total. The molecular formula is C10H10N2OS. The van der Waals surface area contributed by atoms with E-state index in [2.05, 4.69) is 21.5 Å². The summed E-state index contributed by atoms with van der Waals surface area (Å²) in [6.07, 6.45) is 0.765. The molecule has 0 saturated heterocycles. The monoisotopic (exact) mass is 206 g/mol. The minimum atomic E-state index is 0.621. The molecule has 1 heterocycles. The Morgan fingerprint density at radius 1 is 1.29 bits per heavy atom. The van der Waals surface area contributed by atoms with E-state index < -0.39 is 0 Å². The van der Waals surface area contributed by atoms with Crippen molar-refractivity contribution in [2.24, 2.45) is 0 Å². The largest absolute Gasteiger partial charge is 0.472 e. The van der Waals surface area contributed by atoms with Crippen LogP contribution in [0.4, 0.5) is 0 Å². The summed E-state index contributed by atoms with van der Waals surface area (Å²) in [7, 11) is 1.60. The van der Waals surface area contributed by atoms with Crippen LogP contribution in [0.2, 0.25) is 0 Å². The van der Waals surface area contributed by atoms with Gasteiger partial charge in [-0.2, -0.15) is 9.36 Å². The Morgan fingerprint density at radius 3 is 2.71 bits per heavy atom. The van der Waals surface area contributed by atoms with Crippen LogP contribution in [-0.4, -0.2) is 16.5 Å². The quantitative estimate of drug-likeness (QED) is 0.771. The van der Waals surface area contributed by atoms with Crippen LogP contribution < -0.4 is 4.74 Å². The fourth-order valence-corrected chi connectivity index (χ4v) is 1.68. The number of hydrogen-bond donors (Lipinski definition) is 0. The van der Waals surface area contributed by atoms with E-state index in [4.69, 9.17) is 4.74 Å². The van der Waals surface area contributed by atoms with E-state index >= 15 is 0 Å². The Balaban J connectivity index is 2.11. The van der Waals surface area contributed by atoms with E-state index in [1.165, 1.54) is 17.1 Å². The van der Waals surface area contributed by atoms with Crippen LogP contribution in [0.15, 0.2) is 30.3 Å². The standard InChI is InChI=1S/C10H10N2OS/c1-13-10-11-9(12-14-10)7-8-5-3-2-4-6-8/h2-6H,7H2,1H3. The van der Waals surface area contributed by atoms with Crippen molar-refractivity contribution in [3.05, 3.63) is 41.7 Å². The minimum Gasteiger partial charge on any atom is -0.472 e. The van der Waals surface area contributed by atoms with Gasteiger partial charge in [0, 0.05) is 18.0 Å². The van der Waals surface area contributed by atoms with Crippen LogP contribution in [0.1, 0.15) is 11.4 Å². The van der Waals surface area contributed by atoms with Gasteiger partial charge in [-0.05, 0) is 5.56 Å². The molecule has 0 radical (unpaired) electrons. The molecule has 0 saturated carbocycles. The lowest BCUT2D eigenvalue weighted by Crippen LogP contribution is -1.90. The van der Waals surface area contributed by atoms with Crippen LogP contribution in [0.5, 0.6) is 5.19 Å². The van der Waals surface area contributed by atoms with Gasteiger partial charge in [-0.1, -0.05) is 30.3 Å². The van der Waals surface area contributed by atoms with Crippen molar-refractivity contribution in [2.45, 2.75) is 6.42 Å². The van der Waals surface area contributed by atoms with Gasteiger partial charge in [0.15, 0.2) is 5.82 Å². The molecular weight excluding hydrogens is 196 g/mol. The van der Waals surface area contributed by atoms with Crippen molar-refractivity contribution < 1.29 is 4.74 Å². The number of benzene rings is 1. The normalized spacial score (nSPS) is 10.1. The van der Waals surface area contributed by atoms with Crippen molar-refractivity contribution in [3.8, 4) is 5.19 Å². The van der Waals surface area contributed by atoms with Gasteiger partial charge < -0.3 is 4.74 Å². The second-order valence-corrected chi connectivity index (χ2v) is 3.56. The van der Waals surface area contributed by atoms with Crippen LogP contribution in [0.25, 0.3) is 0 Å². The second-order valence-electron chi connectivity index (χ2n) is 2.84. The molecule has 0 aliphatic heterocycles. The van der Waals surface area contributed by atoms with E-state index in [9.17, 15) is 0 Å². The number of hydrogen-bond acceptors (Lipinski definition) is 4. The molecule has 0 fully saturated rings. The van der Waals surface area contributed by atoms with E-state index in [1.807, 2.05) is 18.2 Å². The fourth-order valence-electron chi connectivity index (χ4n) is 1.17. The molecule has 0 spiro atoms. The SMILES string of the molecule is COc1nc(Cc2ccccc2)ns1. The Morgan fingerprint density at radius 2 is 2.07 bits per heavy atom. The third kappa shape index (κ3) is 2.09. The van der Waals surface area contributed by atoms with Crippen molar-refractivity contribution in [3.63, 3.8) is 0 Å². The number of aromatic nitrogens is 2. The van der Waals surface area contributed by atoms with Gasteiger partial charge in [0.25, 0.3) is 5.19 Å². The van der Waals surface area contributed by atoms with Gasteiger partial charge in [-0.25, -0.2) is 0 Å². The number of ether oxygens (including phenoxy) is 1. The molecule has 0 bridgehead atoms. The van der Waals surface area contributed by atoms with Crippen LogP contribution >= 0.6 is 11.5 Å². The van der Waals surface area contributed by atoms with Crippen molar-refractivity contribution in [2.75, 3.05) is 7.11 Å². The summed E-state index contributed by atoms with van der Waals surface area (Å²) in [4.78, 5) is 4.21. The highest BCUT2D eigenvalue weighted by Crippen LogP contribution is 2.15. The van der Waals surface area contributed by atoms with Crippen LogP contribution in [0, 0.1) is 0 Å². The Hall–Kier alpha value is -1.42. The third-order valence-electron chi connectivity index (χ3n) is 1.83. The molecule has 2 rings (SSSR count). The first kappa shape index (κ1) is 9.15. The maximum atomic E-state index is 4.98. The molecule has 0 unspecified atom stereocenters. The van der Waals surface area contributed by atoms with Gasteiger partial charge in [0.1, 0.15) is 0 Å². The highest BCUT2D eigenvalue weighted by Gasteiger charge is 2.03. The molecule has 0 amide bonds. The highest BCUT2D eigenvalue weighted by atomic mass is 32.1. The molecule has 4 heteroatoms. The lowest BCUT2D eigenvalue weighted by Gasteiger charge is -1.94. The van der Waals surface area contributed by atoms with Gasteiger partial charge in [0.05, 0.1) is 7.11 Å². The Bertz CT molecular complexity index is 400. The molecule has 14 heavy (non-hydrogen) atoms. The highest BCUT2D eigenvalue weighted by molar-refractivity contribution is 7.07. The summed E-state index contributed by atoms with van der Waals surface area (Å²) in [5.74, 6) is 0.818. The Labute approximate surface area is 86.6 Å². The molecule has 2 aromatic rings. The molecule has 3 nitrogen and oxygen atoms in total. The summed E-state index contributed by atoms with van der Waals surface area (Å²) in [5, 5.41) is 0.621. The predicted octanol–water partition coefficient (Wildman–Crippen LogP) is 2.14. The lowest BCUT2D eigenvalue weighted by atomic mass is 10.1. The first-order chi connectivity index (χ1) is 6.88. The molecule has 72 valence electrons. The number of methoxy groups -OCH3 is 1. The van der Waals surface area contributed by atoms with Crippen LogP contribution in [-0.2, 0) is 6.42 Å². The summed E-state index contributed by atoms with van der Waals surface area (Å²) < 4.78 is 9.17. The zero-order chi connectivity index (χ0) is 9.80. The summed E-state index contributed by atoms with van der Waals surface area (Å²) in [6.45, 7) is 0. The predicted molar refractivity (Wildman–Crippen MR) is 55.7 cm³/mol. The zero-order valence-electron chi connectivity index (χ0n) is 7.80. The average Bonchev–Trinajstić information content (AvgIpc) is 2.67.